The molecule has 0 radical (unpaired) electrons. The van der Waals surface area contributed by atoms with Crippen molar-refractivity contribution in [2.24, 2.45) is 0 Å². The molecule has 0 saturated carbocycles. The molecule has 1 saturated heterocycles. The number of rotatable bonds is 1. The molecule has 1 heterocycles. The van der Waals surface area contributed by atoms with Gasteiger partial charge in [0.2, 0.25) is 0 Å². The average molecular weight is 112 g/mol. The van der Waals surface area contributed by atoms with Gasteiger partial charge < -0.3 is 5.11 Å². The maximum atomic E-state index is 8.43. The Morgan fingerprint density at radius 2 is 2.50 bits per heavy atom. The molecule has 0 amide bonds. The monoisotopic (exact) mass is 112 g/mol. The molecule has 3 heteroatoms. The minimum Gasteiger partial charge on any atom is -0.395 e. The quantitative estimate of drug-likeness (QED) is 0.468. The van der Waals surface area contributed by atoms with Gasteiger partial charge in [-0.05, 0) is 6.42 Å². The largest absolute Gasteiger partial charge is 0.395 e. The van der Waals surface area contributed by atoms with Crippen LogP contribution >= 0.6 is 0 Å². The molecule has 1 aliphatic rings. The fraction of sp³-hybridized carbons (Fsp3) is 0.800. The van der Waals surface area contributed by atoms with Crippen LogP contribution in [0.2, 0.25) is 0 Å². The summed E-state index contributed by atoms with van der Waals surface area (Å²) in [5.41, 5.74) is 0. The van der Waals surface area contributed by atoms with Gasteiger partial charge >= 0.3 is 0 Å². The second-order valence-electron chi connectivity index (χ2n) is 1.96. The topological polar surface area (TPSA) is 56.0 Å². The predicted molar refractivity (Wildman–Crippen MR) is 28.0 cm³/mol. The summed E-state index contributed by atoms with van der Waals surface area (Å²) >= 11 is 0. The van der Waals surface area contributed by atoms with E-state index in [1.165, 1.54) is 0 Å². The van der Waals surface area contributed by atoms with E-state index >= 15 is 0 Å². The average Bonchev–Trinajstić information content (AvgIpc) is 1.65. The number of nitrogens with zero attached hydrogens (tertiary/aromatic N) is 1. The molecule has 0 aromatic carbocycles. The molecule has 1 rings (SSSR count). The summed E-state index contributed by atoms with van der Waals surface area (Å²) in [7, 11) is 0. The van der Waals surface area contributed by atoms with Crippen LogP contribution in [-0.4, -0.2) is 23.8 Å². The van der Waals surface area contributed by atoms with Gasteiger partial charge in [0, 0.05) is 6.04 Å². The first-order chi connectivity index (χ1) is 3.86. The fourth-order valence-corrected chi connectivity index (χ4v) is 0.762. The highest BCUT2D eigenvalue weighted by molar-refractivity contribution is 5.01. The molecule has 0 aliphatic carbocycles. The van der Waals surface area contributed by atoms with E-state index in [1.807, 2.05) is 6.07 Å². The number of aliphatic hydroxyl groups excluding tert-OH is 1. The third-order valence-electron chi connectivity index (χ3n) is 1.33. The lowest BCUT2D eigenvalue weighted by Crippen LogP contribution is -2.53. The van der Waals surface area contributed by atoms with Crippen molar-refractivity contribution >= 4 is 0 Å². The number of hydrogen-bond acceptors (Lipinski definition) is 3. The maximum Gasteiger partial charge on any atom is 0.0971 e. The first-order valence-corrected chi connectivity index (χ1v) is 2.63. The van der Waals surface area contributed by atoms with Gasteiger partial charge in [-0.2, -0.15) is 5.26 Å². The van der Waals surface area contributed by atoms with Crippen molar-refractivity contribution in [3.63, 3.8) is 0 Å². The zero-order valence-electron chi connectivity index (χ0n) is 4.46. The Hall–Kier alpha value is -0.590. The number of hydrogen-bond donors (Lipinski definition) is 2. The zero-order chi connectivity index (χ0) is 5.98. The van der Waals surface area contributed by atoms with Crippen molar-refractivity contribution < 1.29 is 5.11 Å². The Morgan fingerprint density at radius 3 is 2.88 bits per heavy atom. The highest BCUT2D eigenvalue weighted by Gasteiger charge is 2.26. The van der Waals surface area contributed by atoms with Gasteiger partial charge in [0.15, 0.2) is 0 Å². The first-order valence-electron chi connectivity index (χ1n) is 2.63. The van der Waals surface area contributed by atoms with Gasteiger partial charge in [-0.15, -0.1) is 0 Å². The first kappa shape index (κ1) is 5.54. The third-order valence-corrected chi connectivity index (χ3v) is 1.33. The molecule has 2 N–H and O–H groups in total. The van der Waals surface area contributed by atoms with Crippen LogP contribution in [0.1, 0.15) is 6.42 Å². The van der Waals surface area contributed by atoms with E-state index in [-0.39, 0.29) is 18.7 Å². The van der Waals surface area contributed by atoms with Crippen LogP contribution in [0.4, 0.5) is 0 Å². The molecule has 0 bridgehead atoms. The summed E-state index contributed by atoms with van der Waals surface area (Å²) in [5.74, 6) is 0. The standard InChI is InChI=1S/C5H8N2O/c6-2-4-1-5(3-8)7-4/h4-5,7-8H,1,3H2. The SMILES string of the molecule is N#CC1CC(CO)N1. The van der Waals surface area contributed by atoms with E-state index < -0.39 is 0 Å². The molecule has 0 aromatic heterocycles. The Balaban J connectivity index is 2.14. The Bertz CT molecular complexity index is 112. The Morgan fingerprint density at radius 1 is 1.88 bits per heavy atom. The molecule has 1 fully saturated rings. The summed E-state index contributed by atoms with van der Waals surface area (Å²) in [4.78, 5) is 0. The van der Waals surface area contributed by atoms with Crippen molar-refractivity contribution in [1.82, 2.24) is 5.32 Å². The second kappa shape index (κ2) is 2.12. The van der Waals surface area contributed by atoms with Gasteiger partial charge in [0.1, 0.15) is 0 Å². The number of nitriles is 1. The molecule has 2 atom stereocenters. The molecular formula is C5H8N2O. The van der Waals surface area contributed by atoms with Crippen LogP contribution in [0.5, 0.6) is 0 Å². The van der Waals surface area contributed by atoms with E-state index in [0.717, 1.165) is 6.42 Å². The minimum absolute atomic E-state index is 0.00727. The Labute approximate surface area is 47.9 Å². The van der Waals surface area contributed by atoms with Crippen LogP contribution in [0.3, 0.4) is 0 Å². The van der Waals surface area contributed by atoms with Crippen LogP contribution in [0.15, 0.2) is 0 Å². The van der Waals surface area contributed by atoms with Gasteiger partial charge in [0.05, 0.1) is 18.7 Å². The molecular weight excluding hydrogens is 104 g/mol. The normalized spacial score (nSPS) is 35.5. The molecule has 44 valence electrons. The van der Waals surface area contributed by atoms with Crippen LogP contribution < -0.4 is 5.32 Å². The Kier molecular flexibility index (Phi) is 1.47. The van der Waals surface area contributed by atoms with Crippen molar-refractivity contribution in [2.75, 3.05) is 6.61 Å². The molecule has 8 heavy (non-hydrogen) atoms. The fourth-order valence-electron chi connectivity index (χ4n) is 0.762. The second-order valence-corrected chi connectivity index (χ2v) is 1.96. The van der Waals surface area contributed by atoms with Gasteiger partial charge in [-0.3, -0.25) is 5.32 Å². The number of aliphatic hydroxyl groups is 1. The lowest BCUT2D eigenvalue weighted by molar-refractivity contribution is 0.178. The van der Waals surface area contributed by atoms with Crippen molar-refractivity contribution in [3.8, 4) is 6.07 Å². The van der Waals surface area contributed by atoms with E-state index in [0.29, 0.717) is 0 Å². The van der Waals surface area contributed by atoms with Crippen LogP contribution in [0, 0.1) is 11.3 Å². The van der Waals surface area contributed by atoms with Crippen LogP contribution in [0.25, 0.3) is 0 Å². The van der Waals surface area contributed by atoms with Gasteiger partial charge in [-0.25, -0.2) is 0 Å². The summed E-state index contributed by atoms with van der Waals surface area (Å²) in [6, 6.07) is 2.22. The smallest absolute Gasteiger partial charge is 0.0971 e. The van der Waals surface area contributed by atoms with Crippen molar-refractivity contribution in [2.45, 2.75) is 18.5 Å². The van der Waals surface area contributed by atoms with Crippen molar-refractivity contribution in [1.29, 1.82) is 5.26 Å². The summed E-state index contributed by atoms with van der Waals surface area (Å²) in [5, 5.41) is 19.5. The van der Waals surface area contributed by atoms with Gasteiger partial charge in [0.25, 0.3) is 0 Å². The lowest BCUT2D eigenvalue weighted by atomic mass is 9.99. The molecule has 3 nitrogen and oxygen atoms in total. The number of nitrogens with one attached hydrogen (secondary N) is 1. The van der Waals surface area contributed by atoms with Crippen molar-refractivity contribution in [3.05, 3.63) is 0 Å². The highest BCUT2D eigenvalue weighted by atomic mass is 16.3. The zero-order valence-corrected chi connectivity index (χ0v) is 4.46. The predicted octanol–water partition coefficient (Wildman–Crippen LogP) is -0.767. The third kappa shape index (κ3) is 0.808. The molecule has 0 spiro atoms. The molecule has 0 aromatic rings. The van der Waals surface area contributed by atoms with Crippen LogP contribution in [-0.2, 0) is 0 Å². The summed E-state index contributed by atoms with van der Waals surface area (Å²) in [6.45, 7) is 0.151. The summed E-state index contributed by atoms with van der Waals surface area (Å²) in [6.07, 6.45) is 0.799. The van der Waals surface area contributed by atoms with E-state index in [1.54, 1.807) is 0 Å². The molecule has 2 unspecified atom stereocenters. The summed E-state index contributed by atoms with van der Waals surface area (Å²) < 4.78 is 0. The van der Waals surface area contributed by atoms with E-state index in [4.69, 9.17) is 10.4 Å². The molecule has 1 aliphatic heterocycles. The lowest BCUT2D eigenvalue weighted by Gasteiger charge is -2.30. The highest BCUT2D eigenvalue weighted by Crippen LogP contribution is 2.08. The minimum atomic E-state index is -0.00727. The van der Waals surface area contributed by atoms with Gasteiger partial charge in [-0.1, -0.05) is 0 Å². The maximum absolute atomic E-state index is 8.43. The van der Waals surface area contributed by atoms with E-state index in [2.05, 4.69) is 5.32 Å². The van der Waals surface area contributed by atoms with E-state index in [9.17, 15) is 0 Å².